The number of nitrogens with zero attached hydrogens (tertiary/aromatic N) is 5. The Labute approximate surface area is 166 Å². The first-order valence-corrected chi connectivity index (χ1v) is 8.84. The van der Waals surface area contributed by atoms with Crippen LogP contribution in [0.1, 0.15) is 24.2 Å². The number of rotatable bonds is 7. The lowest BCUT2D eigenvalue weighted by Gasteiger charge is -2.31. The number of carboxylic acid groups (broad SMARTS) is 1. The Morgan fingerprint density at radius 3 is 2.52 bits per heavy atom. The molecule has 1 aromatic rings. The van der Waals surface area contributed by atoms with E-state index in [-0.39, 0.29) is 18.4 Å². The standard InChI is InChI=1S/C15H25N5O2.C2HF3O2/c1-5-7-19-8-12(10-22-11-14(21)18(3)4)15-13(9-19)16-17-20(15)6-2;3-2(4,5)1(6)7/h5,12H,1,6-11H2,2-4H3;(H,6,7). The molecule has 1 atom stereocenters. The lowest BCUT2D eigenvalue weighted by molar-refractivity contribution is -0.192. The third-order valence-electron chi connectivity index (χ3n) is 4.06. The van der Waals surface area contributed by atoms with Gasteiger partial charge in [0.25, 0.3) is 0 Å². The van der Waals surface area contributed by atoms with E-state index in [1.165, 1.54) is 4.90 Å². The second-order valence-corrected chi connectivity index (χ2v) is 6.52. The Balaban J connectivity index is 0.000000516. The number of halogens is 3. The number of aromatic nitrogens is 3. The van der Waals surface area contributed by atoms with Gasteiger partial charge >= 0.3 is 12.1 Å². The van der Waals surface area contributed by atoms with Crippen molar-refractivity contribution in [1.82, 2.24) is 24.8 Å². The van der Waals surface area contributed by atoms with E-state index in [9.17, 15) is 18.0 Å². The molecule has 0 radical (unpaired) electrons. The first-order valence-electron chi connectivity index (χ1n) is 8.84. The number of amides is 1. The fourth-order valence-electron chi connectivity index (χ4n) is 2.69. The SMILES string of the molecule is C=CCN1Cc2nnn(CC)c2C(COCC(=O)N(C)C)C1.O=C(O)C(F)(F)F. The second-order valence-electron chi connectivity index (χ2n) is 6.52. The number of aliphatic carboxylic acids is 1. The number of ether oxygens (including phenoxy) is 1. The predicted molar refractivity (Wildman–Crippen MR) is 97.1 cm³/mol. The Kier molecular flexibility index (Phi) is 9.24. The number of carbonyl (C=O) groups is 2. The minimum Gasteiger partial charge on any atom is -0.475 e. The van der Waals surface area contributed by atoms with Crippen molar-refractivity contribution in [3.05, 3.63) is 24.0 Å². The van der Waals surface area contributed by atoms with E-state index in [1.54, 1.807) is 14.1 Å². The Morgan fingerprint density at radius 1 is 1.41 bits per heavy atom. The summed E-state index contributed by atoms with van der Waals surface area (Å²) in [5, 5.41) is 15.6. The molecule has 1 N–H and O–H groups in total. The van der Waals surface area contributed by atoms with Gasteiger partial charge in [-0.2, -0.15) is 13.2 Å². The van der Waals surface area contributed by atoms with E-state index < -0.39 is 12.1 Å². The van der Waals surface area contributed by atoms with Crippen LogP contribution >= 0.6 is 0 Å². The van der Waals surface area contributed by atoms with Crippen molar-refractivity contribution in [1.29, 1.82) is 0 Å². The van der Waals surface area contributed by atoms with Crippen LogP contribution in [0.3, 0.4) is 0 Å². The highest BCUT2D eigenvalue weighted by Gasteiger charge is 2.38. The number of fused-ring (bicyclic) bond motifs is 1. The van der Waals surface area contributed by atoms with Crippen LogP contribution in [-0.2, 0) is 27.4 Å². The van der Waals surface area contributed by atoms with Crippen LogP contribution in [0.25, 0.3) is 0 Å². The fourth-order valence-corrected chi connectivity index (χ4v) is 2.69. The van der Waals surface area contributed by atoms with E-state index >= 15 is 0 Å². The molecule has 0 fully saturated rings. The summed E-state index contributed by atoms with van der Waals surface area (Å²) in [6, 6.07) is 0. The Morgan fingerprint density at radius 2 is 2.03 bits per heavy atom. The van der Waals surface area contributed by atoms with Gasteiger partial charge in [0.2, 0.25) is 5.91 Å². The molecule has 2 rings (SSSR count). The molecule has 0 saturated carbocycles. The van der Waals surface area contributed by atoms with Crippen molar-refractivity contribution < 1.29 is 32.6 Å². The molecular weight excluding hydrogens is 395 g/mol. The molecule has 12 heteroatoms. The molecule has 29 heavy (non-hydrogen) atoms. The van der Waals surface area contributed by atoms with Crippen LogP contribution in [-0.4, -0.2) is 88.4 Å². The summed E-state index contributed by atoms with van der Waals surface area (Å²) in [6.45, 7) is 9.70. The Hall–Kier alpha value is -2.47. The van der Waals surface area contributed by atoms with Gasteiger partial charge < -0.3 is 14.7 Å². The average Bonchev–Trinajstić information content (AvgIpc) is 3.04. The number of carboxylic acids is 1. The zero-order valence-electron chi connectivity index (χ0n) is 16.6. The maximum atomic E-state index is 11.6. The van der Waals surface area contributed by atoms with Crippen molar-refractivity contribution >= 4 is 11.9 Å². The number of likely N-dealkylation sites (N-methyl/N-ethyl adjacent to an activating group) is 1. The monoisotopic (exact) mass is 421 g/mol. The van der Waals surface area contributed by atoms with E-state index in [2.05, 4.69) is 28.7 Å². The van der Waals surface area contributed by atoms with Crippen LogP contribution in [0, 0.1) is 0 Å². The summed E-state index contributed by atoms with van der Waals surface area (Å²) in [5.74, 6) is -2.61. The van der Waals surface area contributed by atoms with Crippen molar-refractivity contribution in [2.45, 2.75) is 32.1 Å². The minimum atomic E-state index is -5.08. The molecule has 0 saturated heterocycles. The number of hydrogen-bond donors (Lipinski definition) is 1. The molecule has 0 aromatic carbocycles. The van der Waals surface area contributed by atoms with E-state index in [0.29, 0.717) is 6.61 Å². The van der Waals surface area contributed by atoms with Crippen LogP contribution < -0.4 is 0 Å². The third-order valence-corrected chi connectivity index (χ3v) is 4.06. The van der Waals surface area contributed by atoms with Gasteiger partial charge in [-0.3, -0.25) is 9.69 Å². The number of aryl methyl sites for hydroxylation is 1. The van der Waals surface area contributed by atoms with E-state index in [1.807, 2.05) is 10.8 Å². The summed E-state index contributed by atoms with van der Waals surface area (Å²) in [4.78, 5) is 24.3. The topological polar surface area (TPSA) is 101 Å². The molecule has 1 aromatic heterocycles. The molecular formula is C17H26F3N5O4. The molecule has 1 aliphatic rings. The molecule has 1 unspecified atom stereocenters. The normalized spacial score (nSPS) is 16.4. The molecule has 0 spiro atoms. The van der Waals surface area contributed by atoms with E-state index in [0.717, 1.165) is 37.6 Å². The highest BCUT2D eigenvalue weighted by atomic mass is 19.4. The molecule has 1 amide bonds. The summed E-state index contributed by atoms with van der Waals surface area (Å²) in [7, 11) is 3.46. The van der Waals surface area contributed by atoms with Crippen molar-refractivity contribution in [3.8, 4) is 0 Å². The van der Waals surface area contributed by atoms with Gasteiger partial charge in [0.15, 0.2) is 0 Å². The van der Waals surface area contributed by atoms with Gasteiger partial charge in [0, 0.05) is 46.2 Å². The van der Waals surface area contributed by atoms with Crippen LogP contribution in [0.2, 0.25) is 0 Å². The quantitative estimate of drug-likeness (QED) is 0.659. The highest BCUT2D eigenvalue weighted by Crippen LogP contribution is 2.27. The van der Waals surface area contributed by atoms with Gasteiger partial charge in [0.1, 0.15) is 12.3 Å². The fraction of sp³-hybridized carbons (Fsp3) is 0.647. The largest absolute Gasteiger partial charge is 0.490 e. The van der Waals surface area contributed by atoms with Crippen molar-refractivity contribution in [2.75, 3.05) is 40.4 Å². The van der Waals surface area contributed by atoms with Crippen LogP contribution in [0.4, 0.5) is 13.2 Å². The van der Waals surface area contributed by atoms with Crippen LogP contribution in [0.5, 0.6) is 0 Å². The van der Waals surface area contributed by atoms with Gasteiger partial charge in [-0.15, -0.1) is 11.7 Å². The summed E-state index contributed by atoms with van der Waals surface area (Å²) in [5.41, 5.74) is 2.14. The van der Waals surface area contributed by atoms with Gasteiger partial charge in [-0.1, -0.05) is 11.3 Å². The molecule has 9 nitrogen and oxygen atoms in total. The van der Waals surface area contributed by atoms with Crippen molar-refractivity contribution in [3.63, 3.8) is 0 Å². The summed E-state index contributed by atoms with van der Waals surface area (Å²) < 4.78 is 39.3. The molecule has 0 bridgehead atoms. The first kappa shape index (κ1) is 24.6. The smallest absolute Gasteiger partial charge is 0.475 e. The number of alkyl halides is 3. The van der Waals surface area contributed by atoms with Crippen molar-refractivity contribution in [2.24, 2.45) is 0 Å². The number of carbonyl (C=O) groups excluding carboxylic acids is 1. The van der Waals surface area contributed by atoms with Crippen LogP contribution in [0.15, 0.2) is 12.7 Å². The molecule has 1 aliphatic heterocycles. The second kappa shape index (κ2) is 10.9. The maximum absolute atomic E-state index is 11.6. The number of hydrogen-bond acceptors (Lipinski definition) is 6. The van der Waals surface area contributed by atoms with E-state index in [4.69, 9.17) is 14.6 Å². The molecule has 164 valence electrons. The Bertz CT molecular complexity index is 706. The van der Waals surface area contributed by atoms with Gasteiger partial charge in [0.05, 0.1) is 12.3 Å². The van der Waals surface area contributed by atoms with Gasteiger partial charge in [-0.25, -0.2) is 9.48 Å². The minimum absolute atomic E-state index is 0.0268. The third kappa shape index (κ3) is 7.46. The summed E-state index contributed by atoms with van der Waals surface area (Å²) >= 11 is 0. The van der Waals surface area contributed by atoms with Gasteiger partial charge in [-0.05, 0) is 6.92 Å². The lowest BCUT2D eigenvalue weighted by Crippen LogP contribution is -2.37. The zero-order chi connectivity index (χ0) is 22.2. The first-order chi connectivity index (χ1) is 13.5. The average molecular weight is 421 g/mol. The lowest BCUT2D eigenvalue weighted by atomic mass is 9.99. The molecule has 0 aliphatic carbocycles. The summed E-state index contributed by atoms with van der Waals surface area (Å²) in [6.07, 6.45) is -3.19. The highest BCUT2D eigenvalue weighted by molar-refractivity contribution is 5.76. The molecule has 2 heterocycles. The maximum Gasteiger partial charge on any atom is 0.490 e. The predicted octanol–water partition coefficient (Wildman–Crippen LogP) is 1.12. The zero-order valence-corrected chi connectivity index (χ0v) is 16.6.